The van der Waals surface area contributed by atoms with E-state index >= 15 is 0 Å². The van der Waals surface area contributed by atoms with Crippen molar-refractivity contribution >= 4 is 5.97 Å². The van der Waals surface area contributed by atoms with Gasteiger partial charge >= 0.3 is 5.97 Å². The third kappa shape index (κ3) is 4.00. The van der Waals surface area contributed by atoms with Gasteiger partial charge in [0.2, 0.25) is 5.82 Å². The van der Waals surface area contributed by atoms with Crippen LogP contribution in [-0.4, -0.2) is 29.8 Å². The summed E-state index contributed by atoms with van der Waals surface area (Å²) in [5, 5.41) is 3.88. The molecular weight excluding hydrogens is 336 g/mol. The van der Waals surface area contributed by atoms with E-state index in [1.54, 1.807) is 18.2 Å². The van der Waals surface area contributed by atoms with Crippen molar-refractivity contribution in [2.24, 2.45) is 0 Å². The Morgan fingerprint density at radius 1 is 1.12 bits per heavy atom. The Bertz CT molecular complexity index is 877. The van der Waals surface area contributed by atoms with Crippen LogP contribution in [0.2, 0.25) is 0 Å². The minimum absolute atomic E-state index is 0.116. The van der Waals surface area contributed by atoms with E-state index in [0.29, 0.717) is 29.5 Å². The van der Waals surface area contributed by atoms with E-state index in [-0.39, 0.29) is 12.5 Å². The van der Waals surface area contributed by atoms with Crippen LogP contribution in [0.1, 0.15) is 23.2 Å². The summed E-state index contributed by atoms with van der Waals surface area (Å²) in [7, 11) is 1.54. The van der Waals surface area contributed by atoms with Crippen LogP contribution in [0.4, 0.5) is 0 Å². The maximum Gasteiger partial charge on any atom is 0.338 e. The number of carbonyl (C=O) groups excluding carboxylic acids is 1. The average molecular weight is 354 g/mol. The van der Waals surface area contributed by atoms with Crippen LogP contribution in [0.15, 0.2) is 53.1 Å². The van der Waals surface area contributed by atoms with Crippen molar-refractivity contribution < 1.29 is 23.5 Å². The van der Waals surface area contributed by atoms with E-state index in [9.17, 15) is 4.79 Å². The van der Waals surface area contributed by atoms with Gasteiger partial charge in [-0.3, -0.25) is 0 Å². The molecule has 134 valence electrons. The highest BCUT2D eigenvalue weighted by Gasteiger charge is 2.15. The first-order valence-electron chi connectivity index (χ1n) is 8.07. The van der Waals surface area contributed by atoms with Gasteiger partial charge < -0.3 is 18.7 Å². The molecule has 0 radical (unpaired) electrons. The van der Waals surface area contributed by atoms with Crippen LogP contribution in [0.3, 0.4) is 0 Å². The molecule has 0 aliphatic carbocycles. The molecule has 26 heavy (non-hydrogen) atoms. The largest absolute Gasteiger partial charge is 0.493 e. The van der Waals surface area contributed by atoms with Crippen LogP contribution in [0, 0.1) is 0 Å². The van der Waals surface area contributed by atoms with Gasteiger partial charge in [0.05, 0.1) is 19.3 Å². The SMILES string of the molecule is CCOc1cc(C(=O)OCc2nc(-c3ccccc3)no2)ccc1OC. The van der Waals surface area contributed by atoms with Gasteiger partial charge in [-0.25, -0.2) is 4.79 Å². The number of benzene rings is 2. The summed E-state index contributed by atoms with van der Waals surface area (Å²) >= 11 is 0. The molecule has 0 N–H and O–H groups in total. The van der Waals surface area contributed by atoms with Crippen molar-refractivity contribution in [1.82, 2.24) is 10.1 Å². The number of aromatic nitrogens is 2. The van der Waals surface area contributed by atoms with E-state index in [1.165, 1.54) is 7.11 Å². The maximum absolute atomic E-state index is 12.2. The van der Waals surface area contributed by atoms with Crippen molar-refractivity contribution in [3.05, 3.63) is 60.0 Å². The van der Waals surface area contributed by atoms with Crippen molar-refractivity contribution in [2.75, 3.05) is 13.7 Å². The lowest BCUT2D eigenvalue weighted by Crippen LogP contribution is -2.06. The van der Waals surface area contributed by atoms with E-state index in [2.05, 4.69) is 10.1 Å². The number of nitrogens with zero attached hydrogens (tertiary/aromatic N) is 2. The Morgan fingerprint density at radius 3 is 2.65 bits per heavy atom. The number of ether oxygens (including phenoxy) is 3. The molecule has 7 heteroatoms. The van der Waals surface area contributed by atoms with Crippen LogP contribution in [0.25, 0.3) is 11.4 Å². The molecule has 0 unspecified atom stereocenters. The number of methoxy groups -OCH3 is 1. The number of rotatable bonds is 7. The van der Waals surface area contributed by atoms with E-state index in [1.807, 2.05) is 37.3 Å². The fourth-order valence-electron chi connectivity index (χ4n) is 2.30. The quantitative estimate of drug-likeness (QED) is 0.600. The molecule has 0 saturated heterocycles. The summed E-state index contributed by atoms with van der Waals surface area (Å²) in [6.45, 7) is 2.19. The van der Waals surface area contributed by atoms with Gasteiger partial charge in [0.25, 0.3) is 5.89 Å². The highest BCUT2D eigenvalue weighted by molar-refractivity contribution is 5.90. The zero-order valence-corrected chi connectivity index (χ0v) is 14.5. The van der Waals surface area contributed by atoms with Crippen LogP contribution in [-0.2, 0) is 11.3 Å². The fourth-order valence-corrected chi connectivity index (χ4v) is 2.30. The van der Waals surface area contributed by atoms with Gasteiger partial charge in [0.15, 0.2) is 18.1 Å². The van der Waals surface area contributed by atoms with Crippen molar-refractivity contribution in [1.29, 1.82) is 0 Å². The third-order valence-corrected chi connectivity index (χ3v) is 3.53. The van der Waals surface area contributed by atoms with Crippen LogP contribution in [0.5, 0.6) is 11.5 Å². The normalized spacial score (nSPS) is 10.4. The van der Waals surface area contributed by atoms with Crippen LogP contribution >= 0.6 is 0 Å². The topological polar surface area (TPSA) is 83.7 Å². The van der Waals surface area contributed by atoms with Gasteiger partial charge in [-0.15, -0.1) is 0 Å². The first kappa shape index (κ1) is 17.5. The maximum atomic E-state index is 12.2. The molecule has 0 aliphatic rings. The minimum atomic E-state index is -0.520. The van der Waals surface area contributed by atoms with Crippen LogP contribution < -0.4 is 9.47 Å². The lowest BCUT2D eigenvalue weighted by atomic mass is 10.2. The highest BCUT2D eigenvalue weighted by atomic mass is 16.6. The van der Waals surface area contributed by atoms with E-state index < -0.39 is 5.97 Å². The van der Waals surface area contributed by atoms with Gasteiger partial charge in [0, 0.05) is 5.56 Å². The number of hydrogen-bond acceptors (Lipinski definition) is 7. The molecule has 0 spiro atoms. The zero-order chi connectivity index (χ0) is 18.4. The van der Waals surface area contributed by atoms with Crippen molar-refractivity contribution in [3.63, 3.8) is 0 Å². The highest BCUT2D eigenvalue weighted by Crippen LogP contribution is 2.28. The standard InChI is InChI=1S/C19H18N2O5/c1-3-24-16-11-14(9-10-15(16)23-2)19(22)25-12-17-20-18(21-26-17)13-7-5-4-6-8-13/h4-11H,3,12H2,1-2H3. The average Bonchev–Trinajstić information content (AvgIpc) is 3.16. The molecule has 2 aromatic carbocycles. The van der Waals surface area contributed by atoms with Crippen molar-refractivity contribution in [3.8, 4) is 22.9 Å². The molecular formula is C19H18N2O5. The molecule has 0 aliphatic heterocycles. The Kier molecular flexibility index (Phi) is 5.48. The third-order valence-electron chi connectivity index (χ3n) is 3.53. The molecule has 7 nitrogen and oxygen atoms in total. The fraction of sp³-hybridized carbons (Fsp3) is 0.211. The lowest BCUT2D eigenvalue weighted by Gasteiger charge is -2.10. The minimum Gasteiger partial charge on any atom is -0.493 e. The summed E-state index contributed by atoms with van der Waals surface area (Å²) in [6, 6.07) is 14.2. The smallest absolute Gasteiger partial charge is 0.338 e. The van der Waals surface area contributed by atoms with E-state index in [0.717, 1.165) is 5.56 Å². The Morgan fingerprint density at radius 2 is 1.92 bits per heavy atom. The molecule has 0 atom stereocenters. The molecule has 0 saturated carbocycles. The summed E-state index contributed by atoms with van der Waals surface area (Å²) in [6.07, 6.45) is 0. The predicted octanol–water partition coefficient (Wildman–Crippen LogP) is 3.50. The van der Waals surface area contributed by atoms with E-state index in [4.69, 9.17) is 18.7 Å². The molecule has 1 heterocycles. The number of hydrogen-bond donors (Lipinski definition) is 0. The molecule has 0 amide bonds. The summed E-state index contributed by atoms with van der Waals surface area (Å²) in [5.41, 5.74) is 1.17. The zero-order valence-electron chi connectivity index (χ0n) is 14.5. The molecule has 3 aromatic rings. The Hall–Kier alpha value is -3.35. The van der Waals surface area contributed by atoms with Gasteiger partial charge in [0.1, 0.15) is 0 Å². The van der Waals surface area contributed by atoms with Gasteiger partial charge in [-0.05, 0) is 25.1 Å². The monoisotopic (exact) mass is 354 g/mol. The Balaban J connectivity index is 1.66. The second kappa shape index (κ2) is 8.15. The predicted molar refractivity (Wildman–Crippen MR) is 93.0 cm³/mol. The lowest BCUT2D eigenvalue weighted by molar-refractivity contribution is 0.0429. The second-order valence-corrected chi connectivity index (χ2v) is 5.25. The number of esters is 1. The number of carbonyl (C=O) groups is 1. The first-order chi connectivity index (χ1) is 12.7. The van der Waals surface area contributed by atoms with Gasteiger partial charge in [-0.1, -0.05) is 35.5 Å². The molecule has 0 fully saturated rings. The molecule has 1 aromatic heterocycles. The second-order valence-electron chi connectivity index (χ2n) is 5.25. The van der Waals surface area contributed by atoms with Crippen molar-refractivity contribution in [2.45, 2.75) is 13.5 Å². The summed E-state index contributed by atoms with van der Waals surface area (Å²) in [4.78, 5) is 16.5. The molecule has 0 bridgehead atoms. The Labute approximate surface area is 150 Å². The molecule has 3 rings (SSSR count). The van der Waals surface area contributed by atoms with Gasteiger partial charge in [-0.2, -0.15) is 4.98 Å². The first-order valence-corrected chi connectivity index (χ1v) is 8.07. The summed E-state index contributed by atoms with van der Waals surface area (Å²) < 4.78 is 21.0. The summed E-state index contributed by atoms with van der Waals surface area (Å²) in [5.74, 6) is 1.17.